The second-order valence-corrected chi connectivity index (χ2v) is 6.93. The normalized spacial score (nSPS) is 10.4. The summed E-state index contributed by atoms with van der Waals surface area (Å²) >= 11 is 0. The standard InChI is InChI=1S/C25H24O2/c1-17-5-11-21(12-6-17)24(22-13-7-18(2)8-14-22)20(4)25(26)27-23-15-9-19(3)10-16-23/h5-16H,1-4H3. The first-order valence-electron chi connectivity index (χ1n) is 9.08. The fourth-order valence-electron chi connectivity index (χ4n) is 2.93. The zero-order valence-corrected chi connectivity index (χ0v) is 16.2. The van der Waals surface area contributed by atoms with E-state index in [0.717, 1.165) is 22.3 Å². The Morgan fingerprint density at radius 1 is 0.630 bits per heavy atom. The summed E-state index contributed by atoms with van der Waals surface area (Å²) < 4.78 is 5.61. The van der Waals surface area contributed by atoms with Crippen LogP contribution in [0.25, 0.3) is 5.57 Å². The molecular weight excluding hydrogens is 332 g/mol. The minimum atomic E-state index is -0.338. The van der Waals surface area contributed by atoms with E-state index < -0.39 is 0 Å². The molecule has 0 amide bonds. The highest BCUT2D eigenvalue weighted by molar-refractivity contribution is 6.02. The lowest BCUT2D eigenvalue weighted by molar-refractivity contribution is -0.130. The summed E-state index contributed by atoms with van der Waals surface area (Å²) in [5.41, 5.74) is 6.98. The Morgan fingerprint density at radius 3 is 1.41 bits per heavy atom. The van der Waals surface area contributed by atoms with Gasteiger partial charge in [-0.15, -0.1) is 0 Å². The van der Waals surface area contributed by atoms with Crippen LogP contribution in [0.3, 0.4) is 0 Å². The van der Waals surface area contributed by atoms with Crippen molar-refractivity contribution < 1.29 is 9.53 Å². The molecule has 0 unspecified atom stereocenters. The van der Waals surface area contributed by atoms with Gasteiger partial charge in [-0.25, -0.2) is 4.79 Å². The Hall–Kier alpha value is -3.13. The molecule has 0 aliphatic rings. The molecule has 3 aromatic rings. The minimum Gasteiger partial charge on any atom is -0.423 e. The lowest BCUT2D eigenvalue weighted by Gasteiger charge is -2.14. The fourth-order valence-corrected chi connectivity index (χ4v) is 2.93. The van der Waals surface area contributed by atoms with Crippen molar-refractivity contribution >= 4 is 11.5 Å². The maximum atomic E-state index is 12.8. The first kappa shape index (κ1) is 18.7. The predicted molar refractivity (Wildman–Crippen MR) is 111 cm³/mol. The molecule has 3 aromatic carbocycles. The van der Waals surface area contributed by atoms with Crippen LogP contribution in [0.15, 0.2) is 78.4 Å². The molecule has 0 saturated carbocycles. The summed E-state index contributed by atoms with van der Waals surface area (Å²) in [6.45, 7) is 7.93. The number of rotatable bonds is 4. The Bertz CT molecular complexity index is 913. The molecule has 0 aromatic heterocycles. The van der Waals surface area contributed by atoms with Gasteiger partial charge in [0, 0.05) is 5.57 Å². The van der Waals surface area contributed by atoms with Gasteiger partial charge < -0.3 is 4.74 Å². The highest BCUT2D eigenvalue weighted by Gasteiger charge is 2.16. The second-order valence-electron chi connectivity index (χ2n) is 6.93. The van der Waals surface area contributed by atoms with E-state index in [1.165, 1.54) is 11.1 Å². The van der Waals surface area contributed by atoms with E-state index in [1.807, 2.05) is 62.4 Å². The van der Waals surface area contributed by atoms with Crippen LogP contribution in [0.4, 0.5) is 0 Å². The second kappa shape index (κ2) is 8.05. The molecule has 0 saturated heterocycles. The van der Waals surface area contributed by atoms with Crippen LogP contribution in [0.5, 0.6) is 5.75 Å². The molecule has 0 aliphatic carbocycles. The summed E-state index contributed by atoms with van der Waals surface area (Å²) in [5, 5.41) is 0. The summed E-state index contributed by atoms with van der Waals surface area (Å²) in [6.07, 6.45) is 0. The average molecular weight is 356 g/mol. The zero-order chi connectivity index (χ0) is 19.4. The van der Waals surface area contributed by atoms with Crippen molar-refractivity contribution in [1.82, 2.24) is 0 Å². The number of benzene rings is 3. The molecule has 0 aliphatic heterocycles. The molecule has 0 radical (unpaired) electrons. The molecule has 3 rings (SSSR count). The number of esters is 1. The fraction of sp³-hybridized carbons (Fsp3) is 0.160. The van der Waals surface area contributed by atoms with E-state index in [-0.39, 0.29) is 5.97 Å². The van der Waals surface area contributed by atoms with E-state index in [4.69, 9.17) is 4.74 Å². The topological polar surface area (TPSA) is 26.3 Å². The molecule has 0 spiro atoms. The lowest BCUT2D eigenvalue weighted by Crippen LogP contribution is -2.11. The van der Waals surface area contributed by atoms with Gasteiger partial charge in [0.1, 0.15) is 5.75 Å². The van der Waals surface area contributed by atoms with Crippen LogP contribution in [-0.4, -0.2) is 5.97 Å². The predicted octanol–water partition coefficient (Wildman–Crippen LogP) is 6.04. The van der Waals surface area contributed by atoms with Crippen molar-refractivity contribution in [3.8, 4) is 5.75 Å². The third-order valence-electron chi connectivity index (χ3n) is 4.59. The largest absolute Gasteiger partial charge is 0.423 e. The van der Waals surface area contributed by atoms with Crippen molar-refractivity contribution in [1.29, 1.82) is 0 Å². The maximum absolute atomic E-state index is 12.8. The van der Waals surface area contributed by atoms with E-state index in [9.17, 15) is 4.79 Å². The third kappa shape index (κ3) is 4.53. The number of ether oxygens (including phenoxy) is 1. The Labute approximate surface area is 161 Å². The Balaban J connectivity index is 2.03. The van der Waals surface area contributed by atoms with Crippen LogP contribution in [-0.2, 0) is 4.79 Å². The molecule has 2 heteroatoms. The first-order valence-corrected chi connectivity index (χ1v) is 9.08. The summed E-state index contributed by atoms with van der Waals surface area (Å²) in [7, 11) is 0. The maximum Gasteiger partial charge on any atom is 0.339 e. The summed E-state index contributed by atoms with van der Waals surface area (Å²) in [6, 6.07) is 23.9. The van der Waals surface area contributed by atoms with E-state index in [0.29, 0.717) is 11.3 Å². The van der Waals surface area contributed by atoms with Crippen LogP contribution < -0.4 is 4.74 Å². The molecular formula is C25H24O2. The van der Waals surface area contributed by atoms with Gasteiger partial charge in [-0.1, -0.05) is 77.4 Å². The van der Waals surface area contributed by atoms with E-state index in [1.54, 1.807) is 0 Å². The van der Waals surface area contributed by atoms with Crippen molar-refractivity contribution in [2.45, 2.75) is 27.7 Å². The number of hydrogen-bond acceptors (Lipinski definition) is 2. The van der Waals surface area contributed by atoms with E-state index >= 15 is 0 Å². The summed E-state index contributed by atoms with van der Waals surface area (Å²) in [4.78, 5) is 12.8. The van der Waals surface area contributed by atoms with Crippen LogP contribution in [0.1, 0.15) is 34.7 Å². The van der Waals surface area contributed by atoms with Gasteiger partial charge in [-0.3, -0.25) is 0 Å². The quantitative estimate of drug-likeness (QED) is 0.324. The first-order chi connectivity index (χ1) is 12.9. The monoisotopic (exact) mass is 356 g/mol. The SMILES string of the molecule is CC(C(=O)Oc1ccc(C)cc1)=C(c1ccc(C)cc1)c1ccc(C)cc1. The molecule has 27 heavy (non-hydrogen) atoms. The molecule has 0 heterocycles. The Kier molecular flexibility index (Phi) is 5.56. The molecule has 2 nitrogen and oxygen atoms in total. The molecule has 136 valence electrons. The van der Waals surface area contributed by atoms with Gasteiger partial charge in [-0.2, -0.15) is 0 Å². The highest BCUT2D eigenvalue weighted by atomic mass is 16.5. The van der Waals surface area contributed by atoms with E-state index in [2.05, 4.69) is 38.1 Å². The van der Waals surface area contributed by atoms with Crippen molar-refractivity contribution in [2.75, 3.05) is 0 Å². The van der Waals surface area contributed by atoms with Crippen molar-refractivity contribution in [3.63, 3.8) is 0 Å². The third-order valence-corrected chi connectivity index (χ3v) is 4.59. The van der Waals surface area contributed by atoms with Gasteiger partial charge in [0.25, 0.3) is 0 Å². The zero-order valence-electron chi connectivity index (χ0n) is 16.2. The van der Waals surface area contributed by atoms with Crippen molar-refractivity contribution in [3.05, 3.63) is 106 Å². The lowest BCUT2D eigenvalue weighted by atomic mass is 9.92. The highest BCUT2D eigenvalue weighted by Crippen LogP contribution is 2.28. The van der Waals surface area contributed by atoms with Gasteiger partial charge in [0.15, 0.2) is 0 Å². The molecule has 0 fully saturated rings. The average Bonchev–Trinajstić information content (AvgIpc) is 2.66. The number of aryl methyl sites for hydroxylation is 3. The van der Waals surface area contributed by atoms with Gasteiger partial charge in [-0.05, 0) is 56.5 Å². The van der Waals surface area contributed by atoms with Gasteiger partial charge >= 0.3 is 5.97 Å². The minimum absolute atomic E-state index is 0.338. The summed E-state index contributed by atoms with van der Waals surface area (Å²) in [5.74, 6) is 0.215. The molecule has 0 atom stereocenters. The number of carbonyl (C=O) groups is 1. The number of carbonyl (C=O) groups excluding carboxylic acids is 1. The van der Waals surface area contributed by atoms with Crippen LogP contribution >= 0.6 is 0 Å². The smallest absolute Gasteiger partial charge is 0.339 e. The molecule has 0 bridgehead atoms. The van der Waals surface area contributed by atoms with Crippen molar-refractivity contribution in [2.24, 2.45) is 0 Å². The van der Waals surface area contributed by atoms with Crippen LogP contribution in [0.2, 0.25) is 0 Å². The van der Waals surface area contributed by atoms with Gasteiger partial charge in [0.2, 0.25) is 0 Å². The van der Waals surface area contributed by atoms with Gasteiger partial charge in [0.05, 0.1) is 0 Å². The Morgan fingerprint density at radius 2 is 1.00 bits per heavy atom. The molecule has 0 N–H and O–H groups in total. The number of hydrogen-bond donors (Lipinski definition) is 0. The van der Waals surface area contributed by atoms with Crippen LogP contribution in [0, 0.1) is 20.8 Å².